The van der Waals surface area contributed by atoms with Gasteiger partial charge in [-0.25, -0.2) is 4.79 Å². The van der Waals surface area contributed by atoms with Crippen LogP contribution in [0.5, 0.6) is 0 Å². The van der Waals surface area contributed by atoms with Crippen LogP contribution in [0.25, 0.3) is 0 Å². The molecule has 0 atom stereocenters. The van der Waals surface area contributed by atoms with Crippen molar-refractivity contribution in [2.75, 3.05) is 6.54 Å². The van der Waals surface area contributed by atoms with Crippen LogP contribution >= 0.6 is 0 Å². The smallest absolute Gasteiger partial charge is 0.414 e. The van der Waals surface area contributed by atoms with Crippen molar-refractivity contribution in [3.05, 3.63) is 12.3 Å². The number of allylic oxidation sites excluding steroid dienone is 1. The average Bonchev–Trinajstić information content (AvgIpc) is 2.82. The molecule has 0 aromatic rings. The van der Waals surface area contributed by atoms with Crippen LogP contribution in [0.2, 0.25) is 0 Å². The lowest BCUT2D eigenvalue weighted by molar-refractivity contribution is 0.0293. The monoisotopic (exact) mass is 209 g/mol. The highest BCUT2D eigenvalue weighted by Gasteiger charge is 2.45. The Hall–Kier alpha value is -0.990. The molecule has 3 heteroatoms. The first-order valence-electron chi connectivity index (χ1n) is 5.57. The van der Waals surface area contributed by atoms with Crippen molar-refractivity contribution >= 4 is 6.09 Å². The van der Waals surface area contributed by atoms with Crippen LogP contribution in [-0.4, -0.2) is 23.1 Å². The lowest BCUT2D eigenvalue weighted by Crippen LogP contribution is -2.38. The number of hydrogen-bond donors (Lipinski definition) is 0. The summed E-state index contributed by atoms with van der Waals surface area (Å²) in [6, 6.07) is 0. The zero-order chi connectivity index (χ0) is 11.1. The van der Waals surface area contributed by atoms with Crippen LogP contribution in [0.15, 0.2) is 12.3 Å². The summed E-state index contributed by atoms with van der Waals surface area (Å²) in [5, 5.41) is 0. The van der Waals surface area contributed by atoms with E-state index in [1.807, 2.05) is 27.0 Å². The molecule has 0 N–H and O–H groups in total. The first kappa shape index (κ1) is 10.5. The molecule has 0 radical (unpaired) electrons. The Labute approximate surface area is 91.1 Å². The van der Waals surface area contributed by atoms with Crippen LogP contribution in [0.3, 0.4) is 0 Å². The second-order valence-electron chi connectivity index (χ2n) is 5.70. The van der Waals surface area contributed by atoms with Crippen LogP contribution in [-0.2, 0) is 4.74 Å². The second-order valence-corrected chi connectivity index (χ2v) is 5.70. The summed E-state index contributed by atoms with van der Waals surface area (Å²) in [5.74, 6) is 0. The highest BCUT2D eigenvalue weighted by Crippen LogP contribution is 2.51. The first-order chi connectivity index (χ1) is 6.90. The van der Waals surface area contributed by atoms with Crippen molar-refractivity contribution < 1.29 is 9.53 Å². The van der Waals surface area contributed by atoms with Crippen molar-refractivity contribution in [3.63, 3.8) is 0 Å². The maximum atomic E-state index is 11.8. The molecule has 2 rings (SSSR count). The fraction of sp³-hybridized carbons (Fsp3) is 0.750. The molecule has 0 unspecified atom stereocenters. The van der Waals surface area contributed by atoms with Crippen molar-refractivity contribution in [2.24, 2.45) is 5.41 Å². The van der Waals surface area contributed by atoms with E-state index in [1.54, 1.807) is 4.90 Å². The third kappa shape index (κ3) is 2.52. The molecule has 15 heavy (non-hydrogen) atoms. The molecule has 2 aliphatic rings. The Kier molecular flexibility index (Phi) is 2.28. The van der Waals surface area contributed by atoms with Crippen LogP contribution in [0.1, 0.15) is 40.0 Å². The maximum absolute atomic E-state index is 11.8. The normalized spacial score (nSPS) is 23.0. The fourth-order valence-electron chi connectivity index (χ4n) is 1.89. The lowest BCUT2D eigenvalue weighted by Gasteiger charge is -2.30. The van der Waals surface area contributed by atoms with E-state index >= 15 is 0 Å². The third-order valence-electron chi connectivity index (χ3n) is 2.93. The van der Waals surface area contributed by atoms with Gasteiger partial charge in [0.1, 0.15) is 5.60 Å². The van der Waals surface area contributed by atoms with E-state index in [2.05, 4.69) is 6.08 Å². The van der Waals surface area contributed by atoms with Crippen molar-refractivity contribution in [1.82, 2.24) is 4.90 Å². The molecule has 1 amide bonds. The van der Waals surface area contributed by atoms with E-state index in [0.717, 1.165) is 13.0 Å². The van der Waals surface area contributed by atoms with Crippen LogP contribution in [0.4, 0.5) is 4.79 Å². The number of rotatable bonds is 0. The molecule has 0 aromatic carbocycles. The van der Waals surface area contributed by atoms with E-state index in [0.29, 0.717) is 5.41 Å². The number of hydrogen-bond acceptors (Lipinski definition) is 2. The van der Waals surface area contributed by atoms with Gasteiger partial charge in [0, 0.05) is 12.7 Å². The predicted molar refractivity (Wildman–Crippen MR) is 58.4 cm³/mol. The molecular formula is C12H19NO2. The van der Waals surface area contributed by atoms with Crippen molar-refractivity contribution in [2.45, 2.75) is 45.6 Å². The predicted octanol–water partition coefficient (Wildman–Crippen LogP) is 2.92. The number of carbonyl (C=O) groups excluding carboxylic acids is 1. The summed E-state index contributed by atoms with van der Waals surface area (Å²) >= 11 is 0. The van der Waals surface area contributed by atoms with Gasteiger partial charge in [-0.1, -0.05) is 6.08 Å². The van der Waals surface area contributed by atoms with Crippen LogP contribution < -0.4 is 0 Å². The van der Waals surface area contributed by atoms with Gasteiger partial charge in [-0.05, 0) is 45.4 Å². The maximum Gasteiger partial charge on any atom is 0.414 e. The van der Waals surface area contributed by atoms with E-state index in [4.69, 9.17) is 4.74 Å². The summed E-state index contributed by atoms with van der Waals surface area (Å²) in [5.41, 5.74) is -0.00919. The molecule has 1 fully saturated rings. The van der Waals surface area contributed by atoms with Gasteiger partial charge in [0.05, 0.1) is 0 Å². The molecule has 1 aliphatic heterocycles. The second kappa shape index (κ2) is 3.26. The first-order valence-corrected chi connectivity index (χ1v) is 5.57. The fourth-order valence-corrected chi connectivity index (χ4v) is 1.89. The number of carbonyl (C=O) groups is 1. The largest absolute Gasteiger partial charge is 0.443 e. The minimum atomic E-state index is -0.404. The molecule has 1 spiro atoms. The zero-order valence-electron chi connectivity index (χ0n) is 9.75. The van der Waals surface area contributed by atoms with Gasteiger partial charge in [-0.15, -0.1) is 0 Å². The van der Waals surface area contributed by atoms with E-state index in [1.165, 1.54) is 12.8 Å². The van der Waals surface area contributed by atoms with E-state index < -0.39 is 5.60 Å². The Balaban J connectivity index is 1.96. The molecule has 1 heterocycles. The summed E-state index contributed by atoms with van der Waals surface area (Å²) in [6.45, 7) is 6.51. The molecule has 1 aliphatic carbocycles. The van der Waals surface area contributed by atoms with Gasteiger partial charge in [-0.2, -0.15) is 0 Å². The topological polar surface area (TPSA) is 29.5 Å². The SMILES string of the molecule is CC(C)(C)OC(=O)N1C=CCC2(CC2)C1. The molecule has 0 bridgehead atoms. The Morgan fingerprint density at radius 1 is 1.40 bits per heavy atom. The highest BCUT2D eigenvalue weighted by atomic mass is 16.6. The summed E-state index contributed by atoms with van der Waals surface area (Å²) < 4.78 is 5.33. The Morgan fingerprint density at radius 2 is 2.07 bits per heavy atom. The molecule has 3 nitrogen and oxygen atoms in total. The lowest BCUT2D eigenvalue weighted by atomic mass is 9.99. The minimum absolute atomic E-state index is 0.218. The summed E-state index contributed by atoms with van der Waals surface area (Å²) in [4.78, 5) is 13.5. The van der Waals surface area contributed by atoms with Gasteiger partial charge >= 0.3 is 6.09 Å². The van der Waals surface area contributed by atoms with Gasteiger partial charge in [0.15, 0.2) is 0 Å². The quantitative estimate of drug-likeness (QED) is 0.614. The highest BCUT2D eigenvalue weighted by molar-refractivity contribution is 5.69. The molecule has 0 saturated heterocycles. The molecule has 0 aromatic heterocycles. The zero-order valence-corrected chi connectivity index (χ0v) is 9.75. The number of ether oxygens (including phenoxy) is 1. The molecule has 84 valence electrons. The molecule has 1 saturated carbocycles. The number of nitrogens with zero attached hydrogens (tertiary/aromatic N) is 1. The Morgan fingerprint density at radius 3 is 2.60 bits per heavy atom. The third-order valence-corrected chi connectivity index (χ3v) is 2.93. The summed E-state index contributed by atoms with van der Waals surface area (Å²) in [6.07, 6.45) is 7.34. The summed E-state index contributed by atoms with van der Waals surface area (Å²) in [7, 11) is 0. The van der Waals surface area contributed by atoms with Gasteiger partial charge < -0.3 is 4.74 Å². The molecular weight excluding hydrogens is 190 g/mol. The van der Waals surface area contributed by atoms with Crippen LogP contribution in [0, 0.1) is 5.41 Å². The van der Waals surface area contributed by atoms with Crippen molar-refractivity contribution in [3.8, 4) is 0 Å². The van der Waals surface area contributed by atoms with E-state index in [-0.39, 0.29) is 6.09 Å². The van der Waals surface area contributed by atoms with Gasteiger partial charge in [0.2, 0.25) is 0 Å². The van der Waals surface area contributed by atoms with Gasteiger partial charge in [-0.3, -0.25) is 4.90 Å². The number of amides is 1. The average molecular weight is 209 g/mol. The standard InChI is InChI=1S/C12H19NO2/c1-11(2,3)15-10(14)13-8-4-5-12(9-13)6-7-12/h4,8H,5-7,9H2,1-3H3. The van der Waals surface area contributed by atoms with Crippen molar-refractivity contribution in [1.29, 1.82) is 0 Å². The minimum Gasteiger partial charge on any atom is -0.443 e. The van der Waals surface area contributed by atoms with E-state index in [9.17, 15) is 4.79 Å². The Bertz CT molecular complexity index is 297. The van der Waals surface area contributed by atoms with Gasteiger partial charge in [0.25, 0.3) is 0 Å².